The highest BCUT2D eigenvalue weighted by Crippen LogP contribution is 2.68. The highest BCUT2D eigenvalue weighted by molar-refractivity contribution is 6.01. The van der Waals surface area contributed by atoms with Crippen LogP contribution in [0, 0.1) is 28.6 Å². The number of nitrogens with one attached hydrogen (secondary N) is 1. The maximum absolute atomic E-state index is 17.2. The maximum atomic E-state index is 17.2. The number of aryl methyl sites for hydroxylation is 1. The largest absolute Gasteiger partial charge is 0.480 e. The van der Waals surface area contributed by atoms with E-state index >= 15 is 4.39 Å². The van der Waals surface area contributed by atoms with Crippen molar-refractivity contribution in [2.24, 2.45) is 28.6 Å². The van der Waals surface area contributed by atoms with Gasteiger partial charge in [0.05, 0.1) is 23.7 Å². The van der Waals surface area contributed by atoms with Gasteiger partial charge >= 0.3 is 18.0 Å². The molecule has 50 heavy (non-hydrogen) atoms. The Hall–Kier alpha value is -4.02. The summed E-state index contributed by atoms with van der Waals surface area (Å²) in [5.74, 6) is -4.41. The molecule has 0 spiro atoms. The normalized spacial score (nSPS) is 31.9. The average molecular weight is 703 g/mol. The van der Waals surface area contributed by atoms with Crippen LogP contribution in [0.25, 0.3) is 0 Å². The van der Waals surface area contributed by atoms with Crippen LogP contribution in [0.5, 0.6) is 0 Å². The summed E-state index contributed by atoms with van der Waals surface area (Å²) in [7, 11) is 0. The summed E-state index contributed by atoms with van der Waals surface area (Å²) in [5, 5.41) is 39.9. The third kappa shape index (κ3) is 7.10. The molecule has 0 aliphatic heterocycles. The quantitative estimate of drug-likeness (QED) is 0.113. The highest BCUT2D eigenvalue weighted by atomic mass is 19.1. The van der Waals surface area contributed by atoms with Gasteiger partial charge < -0.3 is 25.0 Å². The summed E-state index contributed by atoms with van der Waals surface area (Å²) in [5.41, 5.74) is -2.44. The fourth-order valence-corrected chi connectivity index (χ4v) is 8.85. The van der Waals surface area contributed by atoms with E-state index in [2.05, 4.69) is 10.2 Å². The number of ketones is 2. The van der Waals surface area contributed by atoms with Crippen LogP contribution in [0.3, 0.4) is 0 Å². The molecule has 3 fully saturated rings. The number of nitrogens with zero attached hydrogens (tertiary/aromatic N) is 1. The van der Waals surface area contributed by atoms with Crippen molar-refractivity contribution in [1.82, 2.24) is 10.7 Å². The summed E-state index contributed by atoms with van der Waals surface area (Å²) in [4.78, 5) is 67.0. The second kappa shape index (κ2) is 14.7. The standard InChI is InChI=1S/C35H43FN2O12/c1-33-17-29(41)35(36)25(9-8-22-16-23(39)12-13-34(22,35)2)24(33)10-11-26(33)28(40)19-49-32(45)37-27(30(42)43)18-48-31(44)21-7-3-5-20(15-21)6-4-14-50-38(46)47/h3,5,7,12-13,15-16,24-27,29,41,46-47H,4,6,8-11,14,17-19H2,1-2H3,(H,37,45)(H,42,43)/t24?,25-,26?,27?,29-,33-,34-,35?/m0/s1. The molecule has 15 heteroatoms. The lowest BCUT2D eigenvalue weighted by Crippen LogP contribution is -2.66. The maximum Gasteiger partial charge on any atom is 0.408 e. The number of ether oxygens (including phenoxy) is 2. The second-order valence-corrected chi connectivity index (χ2v) is 14.0. The van der Waals surface area contributed by atoms with Gasteiger partial charge in [0, 0.05) is 17.3 Å². The fourth-order valence-electron chi connectivity index (χ4n) is 8.85. The Morgan fingerprint density at radius 1 is 1.10 bits per heavy atom. The van der Waals surface area contributed by atoms with Gasteiger partial charge in [0.1, 0.15) is 6.61 Å². The molecule has 4 unspecified atom stereocenters. The number of carboxylic acid groups (broad SMARTS) is 1. The first-order valence-corrected chi connectivity index (χ1v) is 16.7. The first-order valence-electron chi connectivity index (χ1n) is 16.7. The average Bonchev–Trinajstić information content (AvgIpc) is 3.41. The molecule has 5 N–H and O–H groups in total. The molecule has 0 heterocycles. The van der Waals surface area contributed by atoms with E-state index in [1.165, 1.54) is 24.3 Å². The summed E-state index contributed by atoms with van der Waals surface area (Å²) >= 11 is 0. The van der Waals surface area contributed by atoms with Crippen LogP contribution in [0.1, 0.15) is 68.3 Å². The van der Waals surface area contributed by atoms with E-state index < -0.39 is 82.9 Å². The van der Waals surface area contributed by atoms with Crippen LogP contribution in [0.4, 0.5) is 9.18 Å². The minimum Gasteiger partial charge on any atom is -0.480 e. The number of aliphatic hydroxyl groups excluding tert-OH is 1. The van der Waals surface area contributed by atoms with E-state index in [1.54, 1.807) is 25.1 Å². The number of rotatable bonds is 13. The molecule has 1 amide bonds. The predicted octanol–water partition coefficient (Wildman–Crippen LogP) is 3.52. The Bertz CT molecular complexity index is 1580. The first-order chi connectivity index (χ1) is 23.6. The van der Waals surface area contributed by atoms with Crippen LogP contribution in [-0.2, 0) is 35.1 Å². The number of carbonyl (C=O) groups excluding carboxylic acids is 4. The molecule has 1 aromatic rings. The lowest BCUT2D eigenvalue weighted by atomic mass is 9.45. The summed E-state index contributed by atoms with van der Waals surface area (Å²) in [6, 6.07) is 4.61. The molecule has 8 atom stereocenters. The molecule has 3 saturated carbocycles. The lowest BCUT2D eigenvalue weighted by molar-refractivity contribution is -0.492. The zero-order valence-corrected chi connectivity index (χ0v) is 27.9. The van der Waals surface area contributed by atoms with Crippen molar-refractivity contribution in [2.75, 3.05) is 19.8 Å². The Labute approximate surface area is 287 Å². The Kier molecular flexibility index (Phi) is 10.9. The third-order valence-electron chi connectivity index (χ3n) is 11.3. The molecule has 0 saturated heterocycles. The van der Waals surface area contributed by atoms with E-state index in [0.29, 0.717) is 49.7 Å². The number of alkyl halides is 1. The number of amides is 1. The number of aliphatic hydroxyl groups is 1. The Morgan fingerprint density at radius 2 is 1.86 bits per heavy atom. The van der Waals surface area contributed by atoms with Crippen molar-refractivity contribution in [3.8, 4) is 0 Å². The van der Waals surface area contributed by atoms with Gasteiger partial charge in [-0.2, -0.15) is 0 Å². The highest BCUT2D eigenvalue weighted by Gasteiger charge is 2.70. The zero-order valence-electron chi connectivity index (χ0n) is 27.9. The Balaban J connectivity index is 1.14. The van der Waals surface area contributed by atoms with Crippen LogP contribution >= 0.6 is 0 Å². The minimum absolute atomic E-state index is 0.000259. The second-order valence-electron chi connectivity index (χ2n) is 14.0. The number of allylic oxidation sites excluding steroid dienone is 4. The van der Waals surface area contributed by atoms with E-state index in [1.807, 2.05) is 6.92 Å². The van der Waals surface area contributed by atoms with Gasteiger partial charge in [-0.3, -0.25) is 24.8 Å². The molecular formula is C35H43FN2O12. The minimum atomic E-state index is -2.02. The van der Waals surface area contributed by atoms with Gasteiger partial charge in [0.2, 0.25) is 0 Å². The molecule has 0 bridgehead atoms. The molecule has 272 valence electrons. The number of halogens is 1. The van der Waals surface area contributed by atoms with Crippen molar-refractivity contribution in [3.63, 3.8) is 0 Å². The molecule has 0 radical (unpaired) electrons. The number of hydrogen-bond acceptors (Lipinski definition) is 12. The lowest BCUT2D eigenvalue weighted by Gasteiger charge is -2.62. The van der Waals surface area contributed by atoms with Crippen LogP contribution in [0.15, 0.2) is 48.1 Å². The number of carbonyl (C=O) groups is 5. The van der Waals surface area contributed by atoms with Crippen molar-refractivity contribution >= 4 is 29.6 Å². The molecular weight excluding hydrogens is 659 g/mol. The van der Waals surface area contributed by atoms with Crippen LogP contribution in [0.2, 0.25) is 0 Å². The van der Waals surface area contributed by atoms with E-state index in [9.17, 15) is 34.2 Å². The van der Waals surface area contributed by atoms with Gasteiger partial charge in [-0.1, -0.05) is 30.7 Å². The predicted molar refractivity (Wildman–Crippen MR) is 169 cm³/mol. The van der Waals surface area contributed by atoms with Crippen molar-refractivity contribution in [2.45, 2.75) is 76.6 Å². The smallest absolute Gasteiger partial charge is 0.408 e. The molecule has 4 aliphatic rings. The van der Waals surface area contributed by atoms with Gasteiger partial charge in [-0.15, -0.1) is 0 Å². The topological polar surface area (TPSA) is 209 Å². The molecule has 4 aliphatic carbocycles. The SMILES string of the molecule is C[C@]12C[C@H](O)C3(F)[C@@H](CCC4=CC(=O)C=C[C@@]43C)C1CCC2C(=O)COC(=O)NC(COC(=O)c1cccc(CCCON(O)O)c1)C(=O)O. The van der Waals surface area contributed by atoms with Crippen molar-refractivity contribution in [3.05, 3.63) is 59.2 Å². The number of carboxylic acids is 1. The van der Waals surface area contributed by atoms with Gasteiger partial charge in [0.25, 0.3) is 0 Å². The zero-order chi connectivity index (χ0) is 36.4. The van der Waals surface area contributed by atoms with E-state index in [0.717, 1.165) is 0 Å². The van der Waals surface area contributed by atoms with Gasteiger partial charge in [-0.25, -0.2) is 18.8 Å². The number of hydrogen-bond donors (Lipinski definition) is 5. The van der Waals surface area contributed by atoms with E-state index in [-0.39, 0.29) is 30.3 Å². The Morgan fingerprint density at radius 3 is 2.58 bits per heavy atom. The molecule has 1 aromatic carbocycles. The number of Topliss-reactive ketones (excluding diaryl/α,β-unsaturated/α-hetero) is 1. The van der Waals surface area contributed by atoms with Gasteiger partial charge in [-0.05, 0) is 93.1 Å². The van der Waals surface area contributed by atoms with Crippen molar-refractivity contribution < 1.29 is 63.3 Å². The third-order valence-corrected chi connectivity index (χ3v) is 11.3. The number of esters is 1. The van der Waals surface area contributed by atoms with Crippen LogP contribution in [-0.4, -0.2) is 93.3 Å². The number of alkyl carbamates (subject to hydrolysis) is 1. The van der Waals surface area contributed by atoms with Gasteiger partial charge in [0.15, 0.2) is 29.9 Å². The van der Waals surface area contributed by atoms with Crippen LogP contribution < -0.4 is 5.32 Å². The summed E-state index contributed by atoms with van der Waals surface area (Å²) < 4.78 is 27.5. The van der Waals surface area contributed by atoms with Crippen molar-refractivity contribution in [1.29, 1.82) is 0 Å². The number of benzene rings is 1. The molecule has 14 nitrogen and oxygen atoms in total. The fraction of sp³-hybridized carbons (Fsp3) is 0.571. The molecule has 0 aromatic heterocycles. The monoisotopic (exact) mass is 702 g/mol. The first kappa shape index (κ1) is 37.2. The van der Waals surface area contributed by atoms with E-state index in [4.69, 9.17) is 19.9 Å². The number of fused-ring (bicyclic) bond motifs is 5. The number of aliphatic carboxylic acids is 1. The summed E-state index contributed by atoms with van der Waals surface area (Å²) in [6.45, 7) is 2.18. The summed E-state index contributed by atoms with van der Waals surface area (Å²) in [6.07, 6.45) is 4.48. The molecule has 5 rings (SSSR count).